The standard InChI is InChI=1S/C14H14BrN3O2/c1-2-20-11-5-3-4-10(16)13(11)14(19)18-12-7-6-9(15)8-17-12/h3-8H,2,16H2,1H3,(H,17,18,19). The summed E-state index contributed by atoms with van der Waals surface area (Å²) in [6.45, 7) is 2.31. The van der Waals surface area contributed by atoms with Gasteiger partial charge in [0.15, 0.2) is 0 Å². The molecule has 0 radical (unpaired) electrons. The molecule has 2 aromatic rings. The number of nitrogen functional groups attached to an aromatic ring is 1. The minimum absolute atomic E-state index is 0.319. The Bertz CT molecular complexity index is 614. The molecule has 3 N–H and O–H groups in total. The summed E-state index contributed by atoms with van der Waals surface area (Å²) < 4.78 is 6.26. The van der Waals surface area contributed by atoms with Gasteiger partial charge in [-0.2, -0.15) is 0 Å². The third-order valence-electron chi connectivity index (χ3n) is 2.55. The number of anilines is 2. The van der Waals surface area contributed by atoms with Gasteiger partial charge in [-0.05, 0) is 47.1 Å². The van der Waals surface area contributed by atoms with Crippen LogP contribution in [0.2, 0.25) is 0 Å². The summed E-state index contributed by atoms with van der Waals surface area (Å²) in [6.07, 6.45) is 1.60. The Balaban J connectivity index is 2.26. The van der Waals surface area contributed by atoms with Crippen LogP contribution >= 0.6 is 15.9 Å². The highest BCUT2D eigenvalue weighted by atomic mass is 79.9. The summed E-state index contributed by atoms with van der Waals surface area (Å²) in [7, 11) is 0. The van der Waals surface area contributed by atoms with Gasteiger partial charge in [-0.15, -0.1) is 0 Å². The number of rotatable bonds is 4. The summed E-state index contributed by atoms with van der Waals surface area (Å²) in [4.78, 5) is 16.4. The van der Waals surface area contributed by atoms with Crippen molar-refractivity contribution in [2.75, 3.05) is 17.7 Å². The van der Waals surface area contributed by atoms with Gasteiger partial charge >= 0.3 is 0 Å². The Morgan fingerprint density at radius 1 is 1.40 bits per heavy atom. The first-order valence-electron chi connectivity index (χ1n) is 6.06. The van der Waals surface area contributed by atoms with Crippen LogP contribution in [0.4, 0.5) is 11.5 Å². The number of amides is 1. The maximum atomic E-state index is 12.3. The van der Waals surface area contributed by atoms with Crippen molar-refractivity contribution in [3.63, 3.8) is 0 Å². The molecule has 0 saturated carbocycles. The van der Waals surface area contributed by atoms with E-state index in [1.54, 1.807) is 36.5 Å². The van der Waals surface area contributed by atoms with E-state index in [-0.39, 0.29) is 5.91 Å². The molecule has 0 saturated heterocycles. The molecule has 0 aliphatic carbocycles. The van der Waals surface area contributed by atoms with Crippen molar-refractivity contribution in [1.82, 2.24) is 4.98 Å². The number of carbonyl (C=O) groups excluding carboxylic acids is 1. The molecular formula is C14H14BrN3O2. The summed E-state index contributed by atoms with van der Waals surface area (Å²) in [5.74, 6) is 0.562. The summed E-state index contributed by atoms with van der Waals surface area (Å²) in [5, 5.41) is 2.69. The third-order valence-corrected chi connectivity index (χ3v) is 3.02. The highest BCUT2D eigenvalue weighted by molar-refractivity contribution is 9.10. The molecule has 1 amide bonds. The van der Waals surface area contributed by atoms with E-state index in [4.69, 9.17) is 10.5 Å². The third kappa shape index (κ3) is 3.27. The second-order valence-corrected chi connectivity index (χ2v) is 4.88. The molecule has 0 fully saturated rings. The van der Waals surface area contributed by atoms with Crippen LogP contribution in [0.25, 0.3) is 0 Å². The van der Waals surface area contributed by atoms with Crippen molar-refractivity contribution in [2.45, 2.75) is 6.92 Å². The zero-order valence-electron chi connectivity index (χ0n) is 10.9. The molecule has 2 rings (SSSR count). The van der Waals surface area contributed by atoms with Gasteiger partial charge in [-0.1, -0.05) is 6.07 Å². The lowest BCUT2D eigenvalue weighted by Gasteiger charge is -2.12. The lowest BCUT2D eigenvalue weighted by atomic mass is 10.1. The molecule has 0 aliphatic heterocycles. The molecule has 1 aromatic carbocycles. The number of nitrogens with zero attached hydrogens (tertiary/aromatic N) is 1. The van der Waals surface area contributed by atoms with Crippen LogP contribution in [0.15, 0.2) is 41.0 Å². The first kappa shape index (κ1) is 14.3. The highest BCUT2D eigenvalue weighted by Crippen LogP contribution is 2.25. The molecule has 0 atom stereocenters. The number of halogens is 1. The van der Waals surface area contributed by atoms with Crippen LogP contribution in [0.3, 0.4) is 0 Å². The van der Waals surface area contributed by atoms with Crippen molar-refractivity contribution in [2.24, 2.45) is 0 Å². The van der Waals surface area contributed by atoms with E-state index in [2.05, 4.69) is 26.2 Å². The van der Waals surface area contributed by atoms with Gasteiger partial charge in [0.05, 0.1) is 6.61 Å². The fourth-order valence-electron chi connectivity index (χ4n) is 1.70. The highest BCUT2D eigenvalue weighted by Gasteiger charge is 2.16. The second-order valence-electron chi connectivity index (χ2n) is 3.97. The number of aromatic nitrogens is 1. The fraction of sp³-hybridized carbons (Fsp3) is 0.143. The largest absolute Gasteiger partial charge is 0.493 e. The Labute approximate surface area is 125 Å². The van der Waals surface area contributed by atoms with E-state index >= 15 is 0 Å². The summed E-state index contributed by atoms with van der Waals surface area (Å²) in [6, 6.07) is 8.60. The zero-order valence-corrected chi connectivity index (χ0v) is 12.5. The minimum Gasteiger partial charge on any atom is -0.493 e. The Morgan fingerprint density at radius 2 is 2.20 bits per heavy atom. The second kappa shape index (κ2) is 6.38. The maximum absolute atomic E-state index is 12.3. The Kier molecular flexibility index (Phi) is 4.57. The van der Waals surface area contributed by atoms with Gasteiger partial charge in [-0.3, -0.25) is 4.79 Å². The fourth-order valence-corrected chi connectivity index (χ4v) is 1.93. The zero-order chi connectivity index (χ0) is 14.5. The topological polar surface area (TPSA) is 77.2 Å². The molecular weight excluding hydrogens is 322 g/mol. The minimum atomic E-state index is -0.346. The van der Waals surface area contributed by atoms with Crippen molar-refractivity contribution < 1.29 is 9.53 Å². The van der Waals surface area contributed by atoms with Crippen LogP contribution in [0.5, 0.6) is 5.75 Å². The quantitative estimate of drug-likeness (QED) is 0.841. The first-order chi connectivity index (χ1) is 9.61. The van der Waals surface area contributed by atoms with Gasteiger partial charge in [0, 0.05) is 16.4 Å². The predicted molar refractivity (Wildman–Crippen MR) is 81.9 cm³/mol. The number of ether oxygens (including phenoxy) is 1. The molecule has 0 spiro atoms. The van der Waals surface area contributed by atoms with Gasteiger partial charge in [0.2, 0.25) is 0 Å². The van der Waals surface area contributed by atoms with Crippen LogP contribution in [0, 0.1) is 0 Å². The van der Waals surface area contributed by atoms with Crippen molar-refractivity contribution >= 4 is 33.3 Å². The van der Waals surface area contributed by atoms with Gasteiger partial charge in [0.25, 0.3) is 5.91 Å². The van der Waals surface area contributed by atoms with Crippen LogP contribution in [-0.4, -0.2) is 17.5 Å². The number of hydrogen-bond acceptors (Lipinski definition) is 4. The SMILES string of the molecule is CCOc1cccc(N)c1C(=O)Nc1ccc(Br)cn1. The molecule has 104 valence electrons. The monoisotopic (exact) mass is 335 g/mol. The maximum Gasteiger partial charge on any atom is 0.262 e. The van der Waals surface area contributed by atoms with Crippen LogP contribution in [0.1, 0.15) is 17.3 Å². The van der Waals surface area contributed by atoms with E-state index in [0.29, 0.717) is 29.4 Å². The number of nitrogens with one attached hydrogen (secondary N) is 1. The van der Waals surface area contributed by atoms with Crippen LogP contribution in [-0.2, 0) is 0 Å². The predicted octanol–water partition coefficient (Wildman–Crippen LogP) is 3.08. The van der Waals surface area contributed by atoms with Gasteiger partial charge in [0.1, 0.15) is 17.1 Å². The van der Waals surface area contributed by atoms with Gasteiger partial charge < -0.3 is 15.8 Å². The number of benzene rings is 1. The Morgan fingerprint density at radius 3 is 2.85 bits per heavy atom. The number of hydrogen-bond donors (Lipinski definition) is 2. The lowest BCUT2D eigenvalue weighted by Crippen LogP contribution is -2.16. The first-order valence-corrected chi connectivity index (χ1v) is 6.85. The van der Waals surface area contributed by atoms with Crippen LogP contribution < -0.4 is 15.8 Å². The van der Waals surface area contributed by atoms with Gasteiger partial charge in [-0.25, -0.2) is 4.98 Å². The van der Waals surface area contributed by atoms with Crippen molar-refractivity contribution in [3.8, 4) is 5.75 Å². The van der Waals surface area contributed by atoms with E-state index in [0.717, 1.165) is 4.47 Å². The Hall–Kier alpha value is -2.08. The lowest BCUT2D eigenvalue weighted by molar-refractivity contribution is 0.102. The molecule has 0 unspecified atom stereocenters. The summed E-state index contributed by atoms with van der Waals surface area (Å²) in [5.41, 5.74) is 6.55. The average molecular weight is 336 g/mol. The van der Waals surface area contributed by atoms with E-state index < -0.39 is 0 Å². The smallest absolute Gasteiger partial charge is 0.262 e. The van der Waals surface area contributed by atoms with E-state index in [1.165, 1.54) is 0 Å². The molecule has 0 bridgehead atoms. The van der Waals surface area contributed by atoms with Crippen molar-refractivity contribution in [1.29, 1.82) is 0 Å². The molecule has 5 nitrogen and oxygen atoms in total. The summed E-state index contributed by atoms with van der Waals surface area (Å²) >= 11 is 3.29. The number of nitrogens with two attached hydrogens (primary N) is 1. The number of carbonyl (C=O) groups is 1. The number of pyridine rings is 1. The molecule has 1 heterocycles. The molecule has 20 heavy (non-hydrogen) atoms. The molecule has 1 aromatic heterocycles. The van der Waals surface area contributed by atoms with Crippen molar-refractivity contribution in [3.05, 3.63) is 46.6 Å². The van der Waals surface area contributed by atoms with E-state index in [1.807, 2.05) is 6.92 Å². The molecule has 0 aliphatic rings. The molecule has 6 heteroatoms. The average Bonchev–Trinajstić information content (AvgIpc) is 2.42. The van der Waals surface area contributed by atoms with E-state index in [9.17, 15) is 4.79 Å². The normalized spacial score (nSPS) is 10.1.